The van der Waals surface area contributed by atoms with E-state index in [0.29, 0.717) is 0 Å². The fraction of sp³-hybridized carbons (Fsp3) is 0.600. The molecule has 0 fully saturated rings. The molecule has 0 aromatic carbocycles. The third-order valence-electron chi connectivity index (χ3n) is 3.08. The zero-order valence-electron chi connectivity index (χ0n) is 12.8. The summed E-state index contributed by atoms with van der Waals surface area (Å²) < 4.78 is 2.46. The van der Waals surface area contributed by atoms with Crippen LogP contribution in [0.4, 0.5) is 0 Å². The Kier molecular flexibility index (Phi) is 10.4. The van der Waals surface area contributed by atoms with Gasteiger partial charge in [0.25, 0.3) is 0 Å². The maximum absolute atomic E-state index is 3.24. The van der Waals surface area contributed by atoms with E-state index in [1.807, 2.05) is 13.8 Å². The van der Waals surface area contributed by atoms with Crippen LogP contribution in [0.3, 0.4) is 0 Å². The Hall–Kier alpha value is 1.05. The predicted octanol–water partition coefficient (Wildman–Crippen LogP) is 2.20. The van der Waals surface area contributed by atoms with Crippen LogP contribution in [-0.2, 0) is 13.0 Å². The zero-order valence-corrected chi connectivity index (χ0v) is 18.5. The maximum Gasteiger partial charge on any atom is 1.00 e. The van der Waals surface area contributed by atoms with Crippen molar-refractivity contribution in [2.75, 3.05) is 0 Å². The first kappa shape index (κ1) is 19.0. The summed E-state index contributed by atoms with van der Waals surface area (Å²) >= 11 is 1.74. The molecule has 96 valence electrons. The Morgan fingerprint density at radius 1 is 1.28 bits per heavy atom. The van der Waals surface area contributed by atoms with Crippen LogP contribution in [0, 0.1) is 12.3 Å². The van der Waals surface area contributed by atoms with E-state index >= 15 is 0 Å². The smallest absolute Gasteiger partial charge is 0.400 e. The van der Waals surface area contributed by atoms with Gasteiger partial charge in [0.05, 0.1) is 0 Å². The van der Waals surface area contributed by atoms with Crippen molar-refractivity contribution in [1.82, 2.24) is 4.57 Å². The van der Waals surface area contributed by atoms with E-state index in [0.717, 1.165) is 6.54 Å². The van der Waals surface area contributed by atoms with Gasteiger partial charge in [0.15, 0.2) is 0 Å². The molecule has 0 aliphatic rings. The first-order valence-corrected chi connectivity index (χ1v) is 7.58. The summed E-state index contributed by atoms with van der Waals surface area (Å²) in [5.41, 5.74) is 3.01. The quantitative estimate of drug-likeness (QED) is 0.755. The van der Waals surface area contributed by atoms with Gasteiger partial charge in [0, 0.05) is 6.54 Å². The van der Waals surface area contributed by atoms with Crippen LogP contribution in [0.15, 0.2) is 6.07 Å². The molecular formula is C15H24NRbS. The summed E-state index contributed by atoms with van der Waals surface area (Å²) in [4.78, 5) is 1.40. The average molecular weight is 336 g/mol. The standard InChI is InChI=1S/C13H18NS.C2H6.Rb/c1-4-6-7-12-10(3)11-8-9-15-13(11)14(12)5-2;1-2;/h8H,4-7H2,1-3H3;1-2H3;/q-1;;+1. The minimum atomic E-state index is 0. The Morgan fingerprint density at radius 2 is 1.94 bits per heavy atom. The number of rotatable bonds is 4. The number of hydrogen-bond donors (Lipinski definition) is 0. The van der Waals surface area contributed by atoms with Crippen molar-refractivity contribution in [3.8, 4) is 0 Å². The van der Waals surface area contributed by atoms with Crippen LogP contribution in [0.2, 0.25) is 0 Å². The largest absolute Gasteiger partial charge is 1.00 e. The molecular weight excluding hydrogens is 312 g/mol. The molecule has 1 nitrogen and oxygen atoms in total. The summed E-state index contributed by atoms with van der Waals surface area (Å²) in [5, 5.41) is 4.65. The van der Waals surface area contributed by atoms with Gasteiger partial charge >= 0.3 is 58.2 Å². The second kappa shape index (κ2) is 9.87. The maximum atomic E-state index is 3.24. The van der Waals surface area contributed by atoms with Gasteiger partial charge in [-0.2, -0.15) is 6.07 Å². The van der Waals surface area contributed by atoms with E-state index in [4.69, 9.17) is 0 Å². The second-order valence-corrected chi connectivity index (χ2v) is 4.83. The van der Waals surface area contributed by atoms with Crippen molar-refractivity contribution < 1.29 is 58.2 Å². The monoisotopic (exact) mass is 335 g/mol. The molecule has 0 atom stereocenters. The molecule has 2 aromatic heterocycles. The van der Waals surface area contributed by atoms with E-state index in [1.165, 1.54) is 40.7 Å². The molecule has 18 heavy (non-hydrogen) atoms. The molecule has 2 aromatic rings. The van der Waals surface area contributed by atoms with E-state index in [1.54, 1.807) is 11.3 Å². The average Bonchev–Trinajstić information content (AvgIpc) is 2.92. The van der Waals surface area contributed by atoms with Crippen molar-refractivity contribution in [3.05, 3.63) is 22.7 Å². The molecule has 0 radical (unpaired) electrons. The van der Waals surface area contributed by atoms with Crippen molar-refractivity contribution in [2.45, 2.75) is 60.4 Å². The minimum Gasteiger partial charge on any atom is -0.400 e. The molecule has 0 spiro atoms. The zero-order chi connectivity index (χ0) is 12.8. The van der Waals surface area contributed by atoms with Gasteiger partial charge < -0.3 is 4.57 Å². The first-order valence-electron chi connectivity index (χ1n) is 6.77. The summed E-state index contributed by atoms with van der Waals surface area (Å²) in [6.07, 6.45) is 3.79. The minimum absolute atomic E-state index is 0. The summed E-state index contributed by atoms with van der Waals surface area (Å²) in [7, 11) is 0. The molecule has 2 heterocycles. The Morgan fingerprint density at radius 3 is 2.50 bits per heavy atom. The summed E-state index contributed by atoms with van der Waals surface area (Å²) in [6, 6.07) is 2.14. The van der Waals surface area contributed by atoms with Crippen molar-refractivity contribution >= 4 is 21.6 Å². The van der Waals surface area contributed by atoms with E-state index < -0.39 is 0 Å². The first-order chi connectivity index (χ1) is 8.29. The van der Waals surface area contributed by atoms with E-state index in [-0.39, 0.29) is 58.2 Å². The van der Waals surface area contributed by atoms with Crippen molar-refractivity contribution in [2.24, 2.45) is 0 Å². The number of fused-ring (bicyclic) bond motifs is 1. The van der Waals surface area contributed by atoms with Crippen molar-refractivity contribution in [3.63, 3.8) is 0 Å². The van der Waals surface area contributed by atoms with Crippen LogP contribution < -0.4 is 58.2 Å². The number of aryl methyl sites for hydroxylation is 2. The fourth-order valence-electron chi connectivity index (χ4n) is 2.21. The van der Waals surface area contributed by atoms with Crippen LogP contribution >= 0.6 is 11.3 Å². The molecule has 3 heteroatoms. The van der Waals surface area contributed by atoms with Gasteiger partial charge in [0.2, 0.25) is 0 Å². The summed E-state index contributed by atoms with van der Waals surface area (Å²) in [6.45, 7) is 11.8. The van der Waals surface area contributed by atoms with Crippen LogP contribution in [0.5, 0.6) is 0 Å². The van der Waals surface area contributed by atoms with E-state index in [2.05, 4.69) is 36.8 Å². The van der Waals surface area contributed by atoms with Crippen LogP contribution in [0.1, 0.15) is 51.8 Å². The van der Waals surface area contributed by atoms with Gasteiger partial charge in [-0.05, 0) is 32.4 Å². The summed E-state index contributed by atoms with van der Waals surface area (Å²) in [5.74, 6) is 0. The van der Waals surface area contributed by atoms with Crippen LogP contribution in [-0.4, -0.2) is 4.57 Å². The Bertz CT molecular complexity index is 456. The molecule has 0 N–H and O–H groups in total. The predicted molar refractivity (Wildman–Crippen MR) is 79.0 cm³/mol. The molecule has 0 aliphatic carbocycles. The number of thiophene rings is 1. The number of aromatic nitrogens is 1. The van der Waals surface area contributed by atoms with E-state index in [9.17, 15) is 0 Å². The molecule has 0 amide bonds. The van der Waals surface area contributed by atoms with Crippen molar-refractivity contribution in [1.29, 1.82) is 0 Å². The molecule has 0 saturated heterocycles. The Labute approximate surface area is 165 Å². The number of hydrogen-bond acceptors (Lipinski definition) is 1. The number of nitrogens with zero attached hydrogens (tertiary/aromatic N) is 1. The third-order valence-corrected chi connectivity index (χ3v) is 3.95. The molecule has 0 unspecified atom stereocenters. The normalized spacial score (nSPS) is 9.83. The molecule has 0 saturated carbocycles. The molecule has 0 aliphatic heterocycles. The second-order valence-electron chi connectivity index (χ2n) is 4.00. The third kappa shape index (κ3) is 4.02. The Balaban J connectivity index is 0.000000917. The topological polar surface area (TPSA) is 4.93 Å². The molecule has 0 bridgehead atoms. The molecule has 2 rings (SSSR count). The SMILES string of the molecule is CC.CCCCc1c(C)c2c[c-]sc2n1CC.[Rb+]. The van der Waals surface area contributed by atoms with Gasteiger partial charge in [-0.25, -0.2) is 0 Å². The van der Waals surface area contributed by atoms with Gasteiger partial charge in [-0.15, -0.1) is 10.8 Å². The van der Waals surface area contributed by atoms with Gasteiger partial charge in [0.1, 0.15) is 0 Å². The fourth-order valence-corrected chi connectivity index (χ4v) is 3.17. The van der Waals surface area contributed by atoms with Gasteiger partial charge in [-0.1, -0.05) is 37.6 Å². The van der Waals surface area contributed by atoms with Crippen LogP contribution in [0.25, 0.3) is 10.2 Å². The number of unbranched alkanes of at least 4 members (excludes halogenated alkanes) is 1. The van der Waals surface area contributed by atoms with Gasteiger partial charge in [-0.3, -0.25) is 11.3 Å².